The molecule has 4 saturated carbocycles. The Bertz CT molecular complexity index is 456. The number of hydrogen-bond donors (Lipinski definition) is 1. The predicted octanol–water partition coefficient (Wildman–Crippen LogP) is 4.73. The minimum absolute atomic E-state index is 0.584. The lowest BCUT2D eigenvalue weighted by molar-refractivity contribution is -0.0918. The largest absolute Gasteiger partial charge is 0.323 e. The van der Waals surface area contributed by atoms with E-state index in [1.807, 2.05) is 0 Å². The number of hydrazone groups is 1. The number of fused-ring (bicyclic) bond motifs is 5. The van der Waals surface area contributed by atoms with Crippen LogP contribution >= 0.6 is 0 Å². The molecule has 21 heavy (non-hydrogen) atoms. The van der Waals surface area contributed by atoms with Crippen LogP contribution in [0, 0.1) is 34.5 Å². The van der Waals surface area contributed by atoms with Crippen LogP contribution in [0.2, 0.25) is 0 Å². The smallest absolute Gasteiger partial charge is 0.0379 e. The minimum Gasteiger partial charge on any atom is -0.323 e. The van der Waals surface area contributed by atoms with Gasteiger partial charge >= 0.3 is 0 Å². The number of nitrogens with two attached hydrogens (primary N) is 1. The Hall–Kier alpha value is -0.530. The predicted molar refractivity (Wildman–Crippen MR) is 88.0 cm³/mol. The zero-order valence-electron chi connectivity index (χ0n) is 13.9. The summed E-state index contributed by atoms with van der Waals surface area (Å²) in [6.07, 6.45) is 14.1. The Balaban J connectivity index is 1.61. The Morgan fingerprint density at radius 2 is 1.86 bits per heavy atom. The molecule has 0 aromatic carbocycles. The molecule has 118 valence electrons. The van der Waals surface area contributed by atoms with Gasteiger partial charge in [0, 0.05) is 5.71 Å². The molecule has 4 rings (SSSR count). The highest BCUT2D eigenvalue weighted by molar-refractivity contribution is 5.85. The summed E-state index contributed by atoms with van der Waals surface area (Å²) < 4.78 is 0. The van der Waals surface area contributed by atoms with Crippen molar-refractivity contribution < 1.29 is 0 Å². The molecule has 0 heterocycles. The fraction of sp³-hybridized carbons (Fsp3) is 0.947. The number of nitrogens with zero attached hydrogens (tertiary/aromatic N) is 1. The first-order chi connectivity index (χ1) is 10.1. The van der Waals surface area contributed by atoms with E-state index >= 15 is 0 Å². The van der Waals surface area contributed by atoms with Crippen LogP contribution in [-0.4, -0.2) is 5.71 Å². The molecule has 4 aliphatic carbocycles. The van der Waals surface area contributed by atoms with Crippen LogP contribution in [0.3, 0.4) is 0 Å². The average molecular weight is 288 g/mol. The van der Waals surface area contributed by atoms with Gasteiger partial charge in [0.25, 0.3) is 0 Å². The van der Waals surface area contributed by atoms with E-state index in [-0.39, 0.29) is 0 Å². The van der Waals surface area contributed by atoms with Gasteiger partial charge in [0.2, 0.25) is 0 Å². The first-order valence-electron chi connectivity index (χ1n) is 9.32. The highest BCUT2D eigenvalue weighted by atomic mass is 15.1. The van der Waals surface area contributed by atoms with Crippen LogP contribution in [0.15, 0.2) is 5.10 Å². The maximum absolute atomic E-state index is 5.58. The second-order valence-corrected chi connectivity index (χ2v) is 9.14. The molecule has 0 aliphatic heterocycles. The van der Waals surface area contributed by atoms with E-state index in [0.717, 1.165) is 30.1 Å². The van der Waals surface area contributed by atoms with Gasteiger partial charge < -0.3 is 5.84 Å². The summed E-state index contributed by atoms with van der Waals surface area (Å²) in [6, 6.07) is 0. The molecule has 0 unspecified atom stereocenters. The van der Waals surface area contributed by atoms with Gasteiger partial charge in [0.15, 0.2) is 0 Å². The second-order valence-electron chi connectivity index (χ2n) is 9.14. The molecule has 6 atom stereocenters. The van der Waals surface area contributed by atoms with Crippen molar-refractivity contribution in [3.63, 3.8) is 0 Å². The summed E-state index contributed by atoms with van der Waals surface area (Å²) >= 11 is 0. The van der Waals surface area contributed by atoms with Crippen molar-refractivity contribution in [3.05, 3.63) is 0 Å². The van der Waals surface area contributed by atoms with E-state index in [1.165, 1.54) is 63.5 Å². The van der Waals surface area contributed by atoms with Crippen LogP contribution < -0.4 is 5.84 Å². The summed E-state index contributed by atoms with van der Waals surface area (Å²) in [5.74, 6) is 9.50. The lowest BCUT2D eigenvalue weighted by Gasteiger charge is -2.60. The summed E-state index contributed by atoms with van der Waals surface area (Å²) in [5, 5.41) is 4.05. The normalized spacial score (nSPS) is 54.9. The van der Waals surface area contributed by atoms with E-state index in [2.05, 4.69) is 18.9 Å². The number of hydrogen-bond acceptors (Lipinski definition) is 2. The topological polar surface area (TPSA) is 38.4 Å². The average Bonchev–Trinajstić information content (AvgIpc) is 2.88. The molecule has 0 amide bonds. The molecule has 0 bridgehead atoms. The Kier molecular flexibility index (Phi) is 3.17. The quantitative estimate of drug-likeness (QED) is 0.507. The standard InChI is InChI=1S/C19H32N2/c1-18-9-3-4-16(18)15-6-5-13-12-14(21-20)7-11-19(13,2)17(15)8-10-18/h13,15-17H,3-12,20H2,1-2H3/t13-,15+,16+,17+,18+,19+/m1/s1. The molecule has 0 aromatic rings. The van der Waals surface area contributed by atoms with Gasteiger partial charge in [-0.1, -0.05) is 20.3 Å². The molecule has 0 aromatic heterocycles. The molecule has 4 fully saturated rings. The minimum atomic E-state index is 0.584. The maximum atomic E-state index is 5.58. The third-order valence-corrected chi connectivity index (χ3v) is 8.46. The van der Waals surface area contributed by atoms with Crippen LogP contribution in [0.1, 0.15) is 78.1 Å². The first kappa shape index (κ1) is 14.1. The van der Waals surface area contributed by atoms with Crippen LogP contribution in [0.25, 0.3) is 0 Å². The van der Waals surface area contributed by atoms with E-state index in [0.29, 0.717) is 10.8 Å². The van der Waals surface area contributed by atoms with Gasteiger partial charge in [-0.15, -0.1) is 0 Å². The molecule has 0 saturated heterocycles. The Morgan fingerprint density at radius 1 is 1.00 bits per heavy atom. The SMILES string of the molecule is C[C@@]12CCC[C@H]1[C@@H]1CC[C@@H]3CC(=NN)CC[C@]3(C)[C@H]1CC2. The highest BCUT2D eigenvalue weighted by Gasteiger charge is 2.57. The Labute approximate surface area is 129 Å². The van der Waals surface area contributed by atoms with E-state index < -0.39 is 0 Å². The van der Waals surface area contributed by atoms with Crippen molar-refractivity contribution in [1.29, 1.82) is 0 Å². The third-order valence-electron chi connectivity index (χ3n) is 8.46. The zero-order chi connectivity index (χ0) is 14.7. The fourth-order valence-electron chi connectivity index (χ4n) is 7.17. The summed E-state index contributed by atoms with van der Waals surface area (Å²) in [7, 11) is 0. The lowest BCUT2D eigenvalue weighted by atomic mass is 9.45. The maximum Gasteiger partial charge on any atom is 0.0379 e. The number of rotatable bonds is 0. The van der Waals surface area contributed by atoms with E-state index in [4.69, 9.17) is 5.84 Å². The lowest BCUT2D eigenvalue weighted by Crippen LogP contribution is -2.52. The van der Waals surface area contributed by atoms with Crippen molar-refractivity contribution >= 4 is 5.71 Å². The van der Waals surface area contributed by atoms with Crippen LogP contribution in [-0.2, 0) is 0 Å². The van der Waals surface area contributed by atoms with Gasteiger partial charge in [0.05, 0.1) is 0 Å². The van der Waals surface area contributed by atoms with Crippen molar-refractivity contribution in [3.8, 4) is 0 Å². The van der Waals surface area contributed by atoms with Gasteiger partial charge in [0.1, 0.15) is 0 Å². The van der Waals surface area contributed by atoms with Crippen molar-refractivity contribution in [2.75, 3.05) is 0 Å². The van der Waals surface area contributed by atoms with Gasteiger partial charge in [-0.2, -0.15) is 5.10 Å². The molecule has 2 N–H and O–H groups in total. The van der Waals surface area contributed by atoms with Crippen molar-refractivity contribution in [1.82, 2.24) is 0 Å². The van der Waals surface area contributed by atoms with Crippen molar-refractivity contribution in [2.45, 2.75) is 78.1 Å². The van der Waals surface area contributed by atoms with Gasteiger partial charge in [-0.05, 0) is 92.3 Å². The zero-order valence-corrected chi connectivity index (χ0v) is 13.9. The first-order valence-corrected chi connectivity index (χ1v) is 9.32. The molecule has 0 spiro atoms. The van der Waals surface area contributed by atoms with E-state index in [9.17, 15) is 0 Å². The fourth-order valence-corrected chi connectivity index (χ4v) is 7.17. The molecule has 2 nitrogen and oxygen atoms in total. The summed E-state index contributed by atoms with van der Waals surface area (Å²) in [6.45, 7) is 5.23. The third kappa shape index (κ3) is 1.93. The van der Waals surface area contributed by atoms with Crippen LogP contribution in [0.5, 0.6) is 0 Å². The molecular weight excluding hydrogens is 256 g/mol. The molecule has 2 heteroatoms. The summed E-state index contributed by atoms with van der Waals surface area (Å²) in [4.78, 5) is 0. The monoisotopic (exact) mass is 288 g/mol. The van der Waals surface area contributed by atoms with Gasteiger partial charge in [-0.3, -0.25) is 0 Å². The molecule has 4 aliphatic rings. The second kappa shape index (κ2) is 4.73. The molecular formula is C19H32N2. The molecule has 0 radical (unpaired) electrons. The van der Waals surface area contributed by atoms with E-state index in [1.54, 1.807) is 0 Å². The summed E-state index contributed by atoms with van der Waals surface area (Å²) in [5.41, 5.74) is 2.57. The van der Waals surface area contributed by atoms with Gasteiger partial charge in [-0.25, -0.2) is 0 Å². The van der Waals surface area contributed by atoms with Crippen molar-refractivity contribution in [2.24, 2.45) is 45.4 Å². The highest BCUT2D eigenvalue weighted by Crippen LogP contribution is 2.65. The Morgan fingerprint density at radius 3 is 2.67 bits per heavy atom. The van der Waals surface area contributed by atoms with Crippen LogP contribution in [0.4, 0.5) is 0 Å².